The molecule has 4 rings (SSSR count). The van der Waals surface area contributed by atoms with Gasteiger partial charge in [-0.15, -0.1) is 0 Å². The van der Waals surface area contributed by atoms with Gasteiger partial charge in [0.2, 0.25) is 0 Å². The van der Waals surface area contributed by atoms with Crippen molar-refractivity contribution in [1.82, 2.24) is 4.90 Å². The minimum Gasteiger partial charge on any atom is -0.359 e. The standard InChI is InChI=1S/C24H36N2/c1-18-7-12-22-19(2)16-24(23(22)15-18)25-21-10-8-20(9-11-21)17-26-13-5-3-4-6-14-26/h8-11,16,18-19,22-23,25H,3-7,12-15,17H2,1-2H3/t18-,19?,22+,23-/m1/s1. The summed E-state index contributed by atoms with van der Waals surface area (Å²) in [6.45, 7) is 8.49. The van der Waals surface area contributed by atoms with Crippen molar-refractivity contribution in [1.29, 1.82) is 0 Å². The van der Waals surface area contributed by atoms with Gasteiger partial charge in [-0.1, -0.05) is 51.3 Å². The maximum Gasteiger partial charge on any atom is 0.0382 e. The normalized spacial score (nSPS) is 32.6. The summed E-state index contributed by atoms with van der Waals surface area (Å²) in [6, 6.07) is 9.23. The highest BCUT2D eigenvalue weighted by molar-refractivity contribution is 5.50. The van der Waals surface area contributed by atoms with Gasteiger partial charge in [0.15, 0.2) is 0 Å². The second kappa shape index (κ2) is 8.17. The van der Waals surface area contributed by atoms with Crippen LogP contribution in [-0.2, 0) is 6.54 Å². The summed E-state index contributed by atoms with van der Waals surface area (Å²) in [6.07, 6.45) is 12.3. The van der Waals surface area contributed by atoms with Crippen LogP contribution in [0.5, 0.6) is 0 Å². The van der Waals surface area contributed by atoms with Gasteiger partial charge in [0.05, 0.1) is 0 Å². The van der Waals surface area contributed by atoms with Crippen LogP contribution >= 0.6 is 0 Å². The molecular weight excluding hydrogens is 316 g/mol. The zero-order valence-corrected chi connectivity index (χ0v) is 16.7. The average Bonchev–Trinajstić information content (AvgIpc) is 2.80. The third kappa shape index (κ3) is 4.17. The van der Waals surface area contributed by atoms with Crippen molar-refractivity contribution in [2.45, 2.75) is 65.3 Å². The molecule has 142 valence electrons. The van der Waals surface area contributed by atoms with E-state index >= 15 is 0 Å². The molecule has 0 aromatic heterocycles. The molecule has 1 aliphatic heterocycles. The Morgan fingerprint density at radius 2 is 1.69 bits per heavy atom. The highest BCUT2D eigenvalue weighted by Crippen LogP contribution is 2.47. The molecule has 26 heavy (non-hydrogen) atoms. The molecule has 2 aliphatic carbocycles. The van der Waals surface area contributed by atoms with Crippen LogP contribution in [0, 0.1) is 23.7 Å². The Labute approximate surface area is 160 Å². The van der Waals surface area contributed by atoms with E-state index in [-0.39, 0.29) is 0 Å². The Balaban J connectivity index is 1.37. The average molecular weight is 353 g/mol. The second-order valence-electron chi connectivity index (χ2n) is 9.18. The molecule has 0 bridgehead atoms. The monoisotopic (exact) mass is 352 g/mol. The number of rotatable bonds is 4. The zero-order chi connectivity index (χ0) is 17.9. The predicted octanol–water partition coefficient (Wildman–Crippen LogP) is 6.06. The van der Waals surface area contributed by atoms with E-state index in [1.54, 1.807) is 0 Å². The minimum atomic E-state index is 0.734. The van der Waals surface area contributed by atoms with E-state index in [1.165, 1.54) is 75.0 Å². The molecule has 2 fully saturated rings. The first-order valence-corrected chi connectivity index (χ1v) is 11.0. The zero-order valence-electron chi connectivity index (χ0n) is 16.7. The van der Waals surface area contributed by atoms with Crippen molar-refractivity contribution in [3.05, 3.63) is 41.6 Å². The molecule has 0 radical (unpaired) electrons. The lowest BCUT2D eigenvalue weighted by atomic mass is 9.73. The first-order valence-electron chi connectivity index (χ1n) is 11.0. The van der Waals surface area contributed by atoms with E-state index in [2.05, 4.69) is 54.4 Å². The van der Waals surface area contributed by atoms with Gasteiger partial charge in [-0.2, -0.15) is 0 Å². The van der Waals surface area contributed by atoms with E-state index in [9.17, 15) is 0 Å². The van der Waals surface area contributed by atoms with Gasteiger partial charge in [0, 0.05) is 23.8 Å². The number of nitrogens with one attached hydrogen (secondary N) is 1. The van der Waals surface area contributed by atoms with Crippen LogP contribution < -0.4 is 5.32 Å². The number of benzene rings is 1. The molecule has 1 saturated carbocycles. The van der Waals surface area contributed by atoms with Crippen LogP contribution in [-0.4, -0.2) is 18.0 Å². The smallest absolute Gasteiger partial charge is 0.0382 e. The number of fused-ring (bicyclic) bond motifs is 1. The number of hydrogen-bond acceptors (Lipinski definition) is 2. The molecule has 1 saturated heterocycles. The quantitative estimate of drug-likeness (QED) is 0.708. The van der Waals surface area contributed by atoms with Crippen LogP contribution in [0.15, 0.2) is 36.0 Å². The van der Waals surface area contributed by atoms with Gasteiger partial charge in [0.1, 0.15) is 0 Å². The third-order valence-corrected chi connectivity index (χ3v) is 7.03. The lowest BCUT2D eigenvalue weighted by Crippen LogP contribution is -2.26. The first-order chi connectivity index (χ1) is 12.7. The lowest BCUT2D eigenvalue weighted by molar-refractivity contribution is 0.203. The van der Waals surface area contributed by atoms with Gasteiger partial charge in [0.25, 0.3) is 0 Å². The van der Waals surface area contributed by atoms with E-state index < -0.39 is 0 Å². The van der Waals surface area contributed by atoms with Crippen LogP contribution in [0.4, 0.5) is 5.69 Å². The summed E-state index contributed by atoms with van der Waals surface area (Å²) in [4.78, 5) is 2.63. The maximum absolute atomic E-state index is 3.78. The Hall–Kier alpha value is -1.28. The molecule has 4 atom stereocenters. The predicted molar refractivity (Wildman–Crippen MR) is 111 cm³/mol. The van der Waals surface area contributed by atoms with Gasteiger partial charge in [-0.3, -0.25) is 4.90 Å². The Bertz CT molecular complexity index is 610. The molecule has 2 heteroatoms. The van der Waals surface area contributed by atoms with Gasteiger partial charge in [-0.05, 0) is 74.2 Å². The highest BCUT2D eigenvalue weighted by atomic mass is 15.1. The number of nitrogens with zero attached hydrogens (tertiary/aromatic N) is 1. The lowest BCUT2D eigenvalue weighted by Gasteiger charge is -2.34. The van der Waals surface area contributed by atoms with Gasteiger partial charge < -0.3 is 5.32 Å². The third-order valence-electron chi connectivity index (χ3n) is 7.03. The van der Waals surface area contributed by atoms with Gasteiger partial charge >= 0.3 is 0 Å². The van der Waals surface area contributed by atoms with E-state index in [0.29, 0.717) is 0 Å². The molecule has 0 spiro atoms. The van der Waals surface area contributed by atoms with Gasteiger partial charge in [-0.25, -0.2) is 0 Å². The summed E-state index contributed by atoms with van der Waals surface area (Å²) in [5.74, 6) is 3.24. The number of likely N-dealkylation sites (tertiary alicyclic amines) is 1. The Kier molecular flexibility index (Phi) is 5.69. The fourth-order valence-corrected chi connectivity index (χ4v) is 5.47. The Morgan fingerprint density at radius 1 is 0.962 bits per heavy atom. The van der Waals surface area contributed by atoms with Crippen LogP contribution in [0.1, 0.15) is 64.4 Å². The van der Waals surface area contributed by atoms with Crippen molar-refractivity contribution in [2.75, 3.05) is 18.4 Å². The van der Waals surface area contributed by atoms with E-state index in [4.69, 9.17) is 0 Å². The molecule has 2 nitrogen and oxygen atoms in total. The molecular formula is C24H36N2. The summed E-state index contributed by atoms with van der Waals surface area (Å²) < 4.78 is 0. The van der Waals surface area contributed by atoms with Crippen LogP contribution in [0.2, 0.25) is 0 Å². The van der Waals surface area contributed by atoms with Crippen LogP contribution in [0.25, 0.3) is 0 Å². The first kappa shape index (κ1) is 18.1. The molecule has 3 aliphatic rings. The SMILES string of the molecule is CC1C=C(Nc2ccc(CN3CCCCCC3)cc2)[C@@H]2C[C@H](C)CC[C@@H]12. The largest absolute Gasteiger partial charge is 0.359 e. The van der Waals surface area contributed by atoms with E-state index in [1.807, 2.05) is 0 Å². The minimum absolute atomic E-state index is 0.734. The van der Waals surface area contributed by atoms with E-state index in [0.717, 1.165) is 30.2 Å². The van der Waals surface area contributed by atoms with Crippen molar-refractivity contribution in [3.63, 3.8) is 0 Å². The summed E-state index contributed by atoms with van der Waals surface area (Å²) in [5.41, 5.74) is 4.21. The number of anilines is 1. The molecule has 1 unspecified atom stereocenters. The van der Waals surface area contributed by atoms with Crippen molar-refractivity contribution in [3.8, 4) is 0 Å². The number of hydrogen-bond donors (Lipinski definition) is 1. The number of allylic oxidation sites excluding steroid dienone is 2. The highest BCUT2D eigenvalue weighted by Gasteiger charge is 2.38. The fourth-order valence-electron chi connectivity index (χ4n) is 5.47. The Morgan fingerprint density at radius 3 is 2.42 bits per heavy atom. The summed E-state index contributed by atoms with van der Waals surface area (Å²) in [7, 11) is 0. The van der Waals surface area contributed by atoms with Crippen molar-refractivity contribution >= 4 is 5.69 Å². The van der Waals surface area contributed by atoms with Crippen molar-refractivity contribution in [2.24, 2.45) is 23.7 Å². The maximum atomic E-state index is 3.78. The molecule has 1 N–H and O–H groups in total. The second-order valence-corrected chi connectivity index (χ2v) is 9.18. The van der Waals surface area contributed by atoms with Crippen LogP contribution in [0.3, 0.4) is 0 Å². The summed E-state index contributed by atoms with van der Waals surface area (Å²) >= 11 is 0. The van der Waals surface area contributed by atoms with Crippen molar-refractivity contribution < 1.29 is 0 Å². The summed E-state index contributed by atoms with van der Waals surface area (Å²) in [5, 5.41) is 3.78. The topological polar surface area (TPSA) is 15.3 Å². The molecule has 1 aromatic carbocycles. The molecule has 1 heterocycles. The molecule has 0 amide bonds. The molecule has 1 aromatic rings. The fraction of sp³-hybridized carbons (Fsp3) is 0.667.